The summed E-state index contributed by atoms with van der Waals surface area (Å²) < 4.78 is 26.3. The topological polar surface area (TPSA) is 69.7 Å². The Labute approximate surface area is 217 Å². The first-order valence-electron chi connectivity index (χ1n) is 13.8. The fraction of sp³-hybridized carbons (Fsp3) is 0.500. The average molecular weight is 505 g/mol. The zero-order valence-electron chi connectivity index (χ0n) is 21.2. The van der Waals surface area contributed by atoms with Gasteiger partial charge in [0.2, 0.25) is 5.89 Å². The Morgan fingerprint density at radius 1 is 1.05 bits per heavy atom. The molecule has 2 aliphatic carbocycles. The number of nitrogens with zero attached hydrogens (tertiary/aromatic N) is 2. The highest BCUT2D eigenvalue weighted by Gasteiger charge is 2.51. The van der Waals surface area contributed by atoms with Gasteiger partial charge < -0.3 is 14.1 Å². The molecule has 1 aliphatic heterocycles. The number of rotatable bonds is 6. The summed E-state index contributed by atoms with van der Waals surface area (Å²) in [5.41, 5.74) is 0.997. The summed E-state index contributed by atoms with van der Waals surface area (Å²) in [6, 6.07) is 16.4. The zero-order chi connectivity index (χ0) is 25.2. The number of nitrogens with one attached hydrogen (secondary N) is 1. The monoisotopic (exact) mass is 504 g/mol. The van der Waals surface area contributed by atoms with Crippen LogP contribution < -0.4 is 4.90 Å². The zero-order valence-corrected chi connectivity index (χ0v) is 21.2. The lowest BCUT2D eigenvalue weighted by Gasteiger charge is -2.48. The van der Waals surface area contributed by atoms with Gasteiger partial charge in [0.05, 0.1) is 18.5 Å². The standard InChI is InChI=1S/C30H34FN3O3/c31-24-12-8-11-23(18-24)30(14-6-1-2-7-15-30)29(35)36-26-17-22-19-34(16-13-25(22)26)20-27-32-33-28(37-27)21-9-4-3-5-10-21/h3-5,8-12,18,22,25-26H,1-2,6-7,13-17,19-20H2/p+1/t22?,25?,26-/m0/s1. The van der Waals surface area contributed by atoms with Crippen molar-refractivity contribution in [1.29, 1.82) is 0 Å². The molecule has 3 aliphatic rings. The van der Waals surface area contributed by atoms with Crippen molar-refractivity contribution in [3.8, 4) is 11.5 Å². The molecule has 3 unspecified atom stereocenters. The molecule has 0 bridgehead atoms. The van der Waals surface area contributed by atoms with Crippen molar-refractivity contribution in [1.82, 2.24) is 10.2 Å². The van der Waals surface area contributed by atoms with Gasteiger partial charge in [-0.05, 0) is 49.1 Å². The van der Waals surface area contributed by atoms with Crippen LogP contribution in [0.5, 0.6) is 0 Å². The van der Waals surface area contributed by atoms with Crippen LogP contribution in [0.25, 0.3) is 11.5 Å². The van der Waals surface area contributed by atoms with E-state index in [1.807, 2.05) is 36.4 Å². The molecule has 4 atom stereocenters. The highest BCUT2D eigenvalue weighted by Crippen LogP contribution is 2.44. The fourth-order valence-electron chi connectivity index (χ4n) is 6.77. The number of fused-ring (bicyclic) bond motifs is 1. The van der Waals surface area contributed by atoms with Gasteiger partial charge >= 0.3 is 5.97 Å². The number of carbonyl (C=O) groups is 1. The van der Waals surface area contributed by atoms with Crippen molar-refractivity contribution in [3.05, 3.63) is 71.9 Å². The molecule has 7 heteroatoms. The normalized spacial score (nSPS) is 26.9. The lowest BCUT2D eigenvalue weighted by molar-refractivity contribution is -0.927. The number of quaternary nitrogens is 1. The van der Waals surface area contributed by atoms with Gasteiger partial charge in [0.15, 0.2) is 6.54 Å². The Bertz CT molecular complexity index is 1220. The number of hydrogen-bond acceptors (Lipinski definition) is 5. The van der Waals surface area contributed by atoms with Gasteiger partial charge in [-0.3, -0.25) is 4.79 Å². The first-order valence-corrected chi connectivity index (χ1v) is 13.8. The van der Waals surface area contributed by atoms with E-state index in [0.717, 1.165) is 82.1 Å². The number of hydrogen-bond donors (Lipinski definition) is 1. The Balaban J connectivity index is 1.07. The first kappa shape index (κ1) is 24.3. The van der Waals surface area contributed by atoms with E-state index in [9.17, 15) is 9.18 Å². The number of aromatic nitrogens is 2. The maximum atomic E-state index is 14.1. The summed E-state index contributed by atoms with van der Waals surface area (Å²) in [4.78, 5) is 15.1. The molecule has 2 heterocycles. The van der Waals surface area contributed by atoms with Crippen LogP contribution in [0.15, 0.2) is 59.0 Å². The van der Waals surface area contributed by atoms with Crippen LogP contribution >= 0.6 is 0 Å². The van der Waals surface area contributed by atoms with Crippen molar-refractivity contribution < 1.29 is 23.2 Å². The average Bonchev–Trinajstić information content (AvgIpc) is 3.22. The SMILES string of the molecule is O=C(O[C@H]1CC2C[NH+](Cc3nnc(-c4ccccc4)o3)CCC21)C1(c2cccc(F)c2)CCCCCC1. The minimum atomic E-state index is -0.718. The van der Waals surface area contributed by atoms with Gasteiger partial charge in [0.1, 0.15) is 11.9 Å². The van der Waals surface area contributed by atoms with E-state index in [4.69, 9.17) is 9.15 Å². The summed E-state index contributed by atoms with van der Waals surface area (Å²) in [5.74, 6) is 1.75. The summed E-state index contributed by atoms with van der Waals surface area (Å²) in [6.45, 7) is 2.74. The van der Waals surface area contributed by atoms with E-state index >= 15 is 0 Å². The summed E-state index contributed by atoms with van der Waals surface area (Å²) >= 11 is 0. The third-order valence-corrected chi connectivity index (χ3v) is 8.87. The summed E-state index contributed by atoms with van der Waals surface area (Å²) in [6.07, 6.45) is 7.55. The highest BCUT2D eigenvalue weighted by atomic mass is 19.1. The molecule has 1 saturated heterocycles. The second kappa shape index (κ2) is 10.4. The third kappa shape index (κ3) is 4.93. The van der Waals surface area contributed by atoms with Crippen LogP contribution in [0.4, 0.5) is 4.39 Å². The van der Waals surface area contributed by atoms with Crippen LogP contribution in [0.1, 0.15) is 62.8 Å². The van der Waals surface area contributed by atoms with Crippen molar-refractivity contribution in [2.45, 2.75) is 69.4 Å². The van der Waals surface area contributed by atoms with Gasteiger partial charge in [0.25, 0.3) is 5.89 Å². The predicted octanol–water partition coefficient (Wildman–Crippen LogP) is 4.50. The lowest BCUT2D eigenvalue weighted by Crippen LogP contribution is -3.13. The second-order valence-corrected chi connectivity index (χ2v) is 11.1. The number of benzene rings is 2. The summed E-state index contributed by atoms with van der Waals surface area (Å²) in [5, 5.41) is 8.49. The van der Waals surface area contributed by atoms with E-state index < -0.39 is 5.41 Å². The number of likely N-dealkylation sites (tertiary alicyclic amines) is 1. The minimum absolute atomic E-state index is 0.0270. The minimum Gasteiger partial charge on any atom is -0.461 e. The molecule has 3 fully saturated rings. The molecular weight excluding hydrogens is 469 g/mol. The van der Waals surface area contributed by atoms with Crippen LogP contribution in [0, 0.1) is 17.7 Å². The van der Waals surface area contributed by atoms with E-state index in [0.29, 0.717) is 23.6 Å². The van der Waals surface area contributed by atoms with Crippen LogP contribution in [-0.2, 0) is 21.5 Å². The molecule has 1 aromatic heterocycles. The Kier molecular flexibility index (Phi) is 6.80. The molecule has 0 spiro atoms. The molecule has 3 aromatic rings. The molecule has 2 saturated carbocycles. The first-order chi connectivity index (χ1) is 18.1. The van der Waals surface area contributed by atoms with Crippen molar-refractivity contribution >= 4 is 5.97 Å². The van der Waals surface area contributed by atoms with Gasteiger partial charge in [-0.2, -0.15) is 0 Å². The molecule has 2 aromatic carbocycles. The van der Waals surface area contributed by atoms with Crippen molar-refractivity contribution in [2.75, 3.05) is 13.1 Å². The number of esters is 1. The maximum Gasteiger partial charge on any atom is 0.316 e. The fourth-order valence-corrected chi connectivity index (χ4v) is 6.77. The third-order valence-electron chi connectivity index (χ3n) is 8.87. The quantitative estimate of drug-likeness (QED) is 0.395. The van der Waals surface area contributed by atoms with Crippen molar-refractivity contribution in [2.24, 2.45) is 11.8 Å². The smallest absolute Gasteiger partial charge is 0.316 e. The molecule has 6 nitrogen and oxygen atoms in total. The van der Waals surface area contributed by atoms with Gasteiger partial charge in [-0.25, -0.2) is 4.39 Å². The van der Waals surface area contributed by atoms with Gasteiger partial charge in [-0.15, -0.1) is 10.2 Å². The number of piperidine rings is 1. The lowest BCUT2D eigenvalue weighted by atomic mass is 9.66. The van der Waals surface area contributed by atoms with Crippen molar-refractivity contribution in [3.63, 3.8) is 0 Å². The molecule has 6 rings (SSSR count). The van der Waals surface area contributed by atoms with E-state index in [1.54, 1.807) is 12.1 Å². The van der Waals surface area contributed by atoms with E-state index in [2.05, 4.69) is 10.2 Å². The molecule has 37 heavy (non-hydrogen) atoms. The molecule has 194 valence electrons. The van der Waals surface area contributed by atoms with E-state index in [-0.39, 0.29) is 17.9 Å². The number of halogens is 1. The maximum absolute atomic E-state index is 14.1. The molecule has 1 N–H and O–H groups in total. The van der Waals surface area contributed by atoms with Crippen LogP contribution in [0.2, 0.25) is 0 Å². The largest absolute Gasteiger partial charge is 0.461 e. The van der Waals surface area contributed by atoms with Gasteiger partial charge in [-0.1, -0.05) is 56.0 Å². The number of carbonyl (C=O) groups excluding carboxylic acids is 1. The number of ether oxygens (including phenoxy) is 1. The van der Waals surface area contributed by atoms with Crippen LogP contribution in [0.3, 0.4) is 0 Å². The highest BCUT2D eigenvalue weighted by molar-refractivity contribution is 5.83. The molecule has 0 amide bonds. The van der Waals surface area contributed by atoms with Crippen LogP contribution in [-0.4, -0.2) is 35.4 Å². The molecule has 0 radical (unpaired) electrons. The molecular formula is C30H35FN3O3+. The van der Waals surface area contributed by atoms with E-state index in [1.165, 1.54) is 11.0 Å². The second-order valence-electron chi connectivity index (χ2n) is 11.1. The Hall–Kier alpha value is -3.06. The Morgan fingerprint density at radius 3 is 2.62 bits per heavy atom. The van der Waals surface area contributed by atoms with Gasteiger partial charge in [0, 0.05) is 23.8 Å². The predicted molar refractivity (Wildman–Crippen MR) is 136 cm³/mol. The Morgan fingerprint density at radius 2 is 1.86 bits per heavy atom. The summed E-state index contributed by atoms with van der Waals surface area (Å²) in [7, 11) is 0.